The van der Waals surface area contributed by atoms with E-state index in [0.717, 1.165) is 4.90 Å². The number of thioether (sulfide) groups is 1. The van der Waals surface area contributed by atoms with E-state index >= 15 is 0 Å². The summed E-state index contributed by atoms with van der Waals surface area (Å²) in [6.45, 7) is 2.60. The van der Waals surface area contributed by atoms with E-state index in [2.05, 4.69) is 10.1 Å². The maximum absolute atomic E-state index is 11.2. The first-order chi connectivity index (χ1) is 6.97. The van der Waals surface area contributed by atoms with Crippen LogP contribution in [-0.2, 0) is 16.6 Å². The zero-order chi connectivity index (χ0) is 11.6. The lowest BCUT2D eigenvalue weighted by atomic mass is 10.5. The van der Waals surface area contributed by atoms with Crippen molar-refractivity contribution in [1.82, 2.24) is 14.8 Å². The molecule has 0 saturated heterocycles. The number of anilines is 1. The molecule has 0 atom stereocenters. The van der Waals surface area contributed by atoms with Crippen molar-refractivity contribution < 1.29 is 9.59 Å². The van der Waals surface area contributed by atoms with Crippen LogP contribution in [0.2, 0.25) is 0 Å². The Morgan fingerprint density at radius 1 is 1.33 bits per heavy atom. The van der Waals surface area contributed by atoms with E-state index in [1.165, 1.54) is 30.3 Å². The van der Waals surface area contributed by atoms with Gasteiger partial charge in [-0.1, -0.05) is 11.8 Å². The van der Waals surface area contributed by atoms with Crippen LogP contribution < -0.4 is 4.90 Å². The van der Waals surface area contributed by atoms with Gasteiger partial charge in [-0.25, -0.2) is 9.58 Å². The number of nitrogens with zero attached hydrogens (tertiary/aromatic N) is 4. The second-order valence-electron chi connectivity index (χ2n) is 2.90. The van der Waals surface area contributed by atoms with Crippen LogP contribution in [-0.4, -0.2) is 32.8 Å². The lowest BCUT2D eigenvalue weighted by Crippen LogP contribution is -2.34. The van der Waals surface area contributed by atoms with Gasteiger partial charge in [-0.05, 0) is 6.26 Å². The molecule has 1 aromatic rings. The predicted molar refractivity (Wildman–Crippen MR) is 56.6 cm³/mol. The van der Waals surface area contributed by atoms with Crippen LogP contribution in [0.15, 0.2) is 5.16 Å². The van der Waals surface area contributed by atoms with E-state index in [4.69, 9.17) is 0 Å². The highest BCUT2D eigenvalue weighted by atomic mass is 32.2. The fourth-order valence-electron chi connectivity index (χ4n) is 1.13. The molecule has 0 aliphatic heterocycles. The Kier molecular flexibility index (Phi) is 3.46. The standard InChI is InChI=1S/C8H12N4O2S/c1-5(13)12(6(2)14)7-9-8(15-4)11(3)10-7/h1-4H3. The second-order valence-corrected chi connectivity index (χ2v) is 3.67. The quantitative estimate of drug-likeness (QED) is 0.687. The molecule has 1 aromatic heterocycles. The molecule has 7 heteroatoms. The third-order valence-corrected chi connectivity index (χ3v) is 2.44. The Labute approximate surface area is 91.7 Å². The fraction of sp³-hybridized carbons (Fsp3) is 0.500. The molecule has 0 saturated carbocycles. The average Bonchev–Trinajstić information content (AvgIpc) is 2.45. The molecule has 1 rings (SSSR count). The third-order valence-electron chi connectivity index (χ3n) is 1.72. The minimum atomic E-state index is -0.388. The second kappa shape index (κ2) is 4.43. The van der Waals surface area contributed by atoms with Gasteiger partial charge in [0.2, 0.25) is 11.8 Å². The van der Waals surface area contributed by atoms with E-state index < -0.39 is 0 Å². The Bertz CT molecular complexity index is 387. The molecule has 2 amide bonds. The van der Waals surface area contributed by atoms with Crippen LogP contribution in [0.5, 0.6) is 0 Å². The highest BCUT2D eigenvalue weighted by Gasteiger charge is 2.21. The Morgan fingerprint density at radius 3 is 2.20 bits per heavy atom. The molecule has 0 bridgehead atoms. The van der Waals surface area contributed by atoms with Crippen LogP contribution in [0.25, 0.3) is 0 Å². The Hall–Kier alpha value is -1.37. The molecule has 15 heavy (non-hydrogen) atoms. The van der Waals surface area contributed by atoms with Crippen LogP contribution in [0.4, 0.5) is 5.95 Å². The first-order valence-corrected chi connectivity index (χ1v) is 5.46. The van der Waals surface area contributed by atoms with Gasteiger partial charge in [0.25, 0.3) is 5.95 Å². The number of carbonyl (C=O) groups excluding carboxylic acids is 2. The van der Waals surface area contributed by atoms with Gasteiger partial charge in [0.15, 0.2) is 5.16 Å². The molecule has 0 aliphatic carbocycles. The largest absolute Gasteiger partial charge is 0.274 e. The van der Waals surface area contributed by atoms with Crippen molar-refractivity contribution in [2.45, 2.75) is 19.0 Å². The molecule has 0 aromatic carbocycles. The maximum atomic E-state index is 11.2. The Balaban J connectivity index is 3.12. The van der Waals surface area contributed by atoms with Gasteiger partial charge in [-0.2, -0.15) is 4.98 Å². The van der Waals surface area contributed by atoms with E-state index in [1.807, 2.05) is 6.26 Å². The van der Waals surface area contributed by atoms with Crippen molar-refractivity contribution in [2.75, 3.05) is 11.2 Å². The van der Waals surface area contributed by atoms with Gasteiger partial charge in [0, 0.05) is 20.9 Å². The maximum Gasteiger partial charge on any atom is 0.259 e. The van der Waals surface area contributed by atoms with Gasteiger partial charge in [0.1, 0.15) is 0 Å². The topological polar surface area (TPSA) is 68.1 Å². The van der Waals surface area contributed by atoms with Crippen LogP contribution in [0.3, 0.4) is 0 Å². The summed E-state index contributed by atoms with van der Waals surface area (Å²) in [5.74, 6) is -0.650. The zero-order valence-electron chi connectivity index (χ0n) is 9.01. The summed E-state index contributed by atoms with van der Waals surface area (Å²) in [5.41, 5.74) is 0. The molecule has 0 fully saturated rings. The van der Waals surface area contributed by atoms with Crippen molar-refractivity contribution in [3.63, 3.8) is 0 Å². The van der Waals surface area contributed by atoms with E-state index in [1.54, 1.807) is 7.05 Å². The molecule has 0 spiro atoms. The number of amides is 2. The van der Waals surface area contributed by atoms with Crippen LogP contribution >= 0.6 is 11.8 Å². The normalized spacial score (nSPS) is 10.1. The molecular formula is C8H12N4O2S. The van der Waals surface area contributed by atoms with Gasteiger partial charge in [-0.15, -0.1) is 5.10 Å². The van der Waals surface area contributed by atoms with Crippen molar-refractivity contribution in [2.24, 2.45) is 7.05 Å². The SMILES string of the molecule is CSc1nc(N(C(C)=O)C(C)=O)nn1C. The molecule has 0 unspecified atom stereocenters. The minimum absolute atomic E-state index is 0.127. The average molecular weight is 228 g/mol. The number of aryl methyl sites for hydroxylation is 1. The van der Waals surface area contributed by atoms with Gasteiger partial charge < -0.3 is 0 Å². The van der Waals surface area contributed by atoms with Crippen molar-refractivity contribution in [1.29, 1.82) is 0 Å². The minimum Gasteiger partial charge on any atom is -0.274 e. The molecule has 82 valence electrons. The summed E-state index contributed by atoms with van der Waals surface area (Å²) in [6, 6.07) is 0. The summed E-state index contributed by atoms with van der Waals surface area (Å²) in [6.07, 6.45) is 1.85. The van der Waals surface area contributed by atoms with Crippen LogP contribution in [0, 0.1) is 0 Å². The van der Waals surface area contributed by atoms with Crippen molar-refractivity contribution >= 4 is 29.5 Å². The lowest BCUT2D eigenvalue weighted by molar-refractivity contribution is -0.124. The van der Waals surface area contributed by atoms with E-state index in [0.29, 0.717) is 5.16 Å². The summed E-state index contributed by atoms with van der Waals surface area (Å²) in [4.78, 5) is 27.4. The summed E-state index contributed by atoms with van der Waals surface area (Å²) in [7, 11) is 1.71. The Morgan fingerprint density at radius 2 is 1.87 bits per heavy atom. The smallest absolute Gasteiger partial charge is 0.259 e. The number of hydrogen-bond donors (Lipinski definition) is 0. The highest BCUT2D eigenvalue weighted by Crippen LogP contribution is 2.16. The number of carbonyl (C=O) groups is 2. The van der Waals surface area contributed by atoms with E-state index in [9.17, 15) is 9.59 Å². The summed E-state index contributed by atoms with van der Waals surface area (Å²) < 4.78 is 1.53. The van der Waals surface area contributed by atoms with Crippen LogP contribution in [0.1, 0.15) is 13.8 Å². The molecule has 0 N–H and O–H groups in total. The van der Waals surface area contributed by atoms with Gasteiger partial charge in [0.05, 0.1) is 0 Å². The molecule has 0 aliphatic rings. The first kappa shape index (κ1) is 11.7. The monoisotopic (exact) mass is 228 g/mol. The molecule has 0 radical (unpaired) electrons. The third kappa shape index (κ3) is 2.35. The number of hydrogen-bond acceptors (Lipinski definition) is 5. The van der Waals surface area contributed by atoms with E-state index in [-0.39, 0.29) is 17.8 Å². The van der Waals surface area contributed by atoms with Crippen molar-refractivity contribution in [3.8, 4) is 0 Å². The molecule has 6 nitrogen and oxygen atoms in total. The molecular weight excluding hydrogens is 216 g/mol. The number of aromatic nitrogens is 3. The lowest BCUT2D eigenvalue weighted by Gasteiger charge is -2.11. The first-order valence-electron chi connectivity index (χ1n) is 4.23. The number of rotatable bonds is 2. The number of imide groups is 1. The summed E-state index contributed by atoms with van der Waals surface area (Å²) in [5, 5.41) is 4.64. The molecule has 1 heterocycles. The summed E-state index contributed by atoms with van der Waals surface area (Å²) >= 11 is 1.40. The van der Waals surface area contributed by atoms with Crippen molar-refractivity contribution in [3.05, 3.63) is 0 Å². The van der Waals surface area contributed by atoms with Gasteiger partial charge in [-0.3, -0.25) is 9.59 Å². The zero-order valence-corrected chi connectivity index (χ0v) is 9.83. The van der Waals surface area contributed by atoms with Gasteiger partial charge >= 0.3 is 0 Å². The fourth-order valence-corrected chi connectivity index (χ4v) is 1.61. The highest BCUT2D eigenvalue weighted by molar-refractivity contribution is 7.98. The predicted octanol–water partition coefficient (Wildman–Crippen LogP) is 0.436.